The number of aryl methyl sites for hydroxylation is 1. The van der Waals surface area contributed by atoms with Gasteiger partial charge in [0.15, 0.2) is 0 Å². The molecule has 0 saturated heterocycles. The van der Waals surface area contributed by atoms with Gasteiger partial charge in [0.1, 0.15) is 0 Å². The van der Waals surface area contributed by atoms with Gasteiger partial charge in [0, 0.05) is 6.61 Å². The van der Waals surface area contributed by atoms with Gasteiger partial charge in [-0.25, -0.2) is 0 Å². The standard InChI is InChI=1S/C21H35O.K/c1-2-22-20-16-11-9-7-5-3-4-6-8-10-13-17-21-18-14-12-15-19-21;/h12,14-15,18-19H,1-11,13,16-17,20H2;/q-1;+1. The van der Waals surface area contributed by atoms with Crippen molar-refractivity contribution in [2.45, 2.75) is 77.0 Å². The maximum absolute atomic E-state index is 5.24. The van der Waals surface area contributed by atoms with Crippen molar-refractivity contribution < 1.29 is 56.1 Å². The molecule has 0 amide bonds. The Kier molecular flexibility index (Phi) is 19.8. The van der Waals surface area contributed by atoms with Crippen molar-refractivity contribution >= 4 is 0 Å². The van der Waals surface area contributed by atoms with Crippen molar-refractivity contribution in [2.24, 2.45) is 0 Å². The number of ether oxygens (including phenoxy) is 1. The summed E-state index contributed by atoms with van der Waals surface area (Å²) in [5, 5.41) is 0. The summed E-state index contributed by atoms with van der Waals surface area (Å²) in [5.74, 6) is 0. The molecule has 0 bridgehead atoms. The van der Waals surface area contributed by atoms with Crippen LogP contribution in [0.2, 0.25) is 0 Å². The molecule has 0 radical (unpaired) electrons. The van der Waals surface area contributed by atoms with Crippen LogP contribution < -0.4 is 51.4 Å². The number of hydrogen-bond acceptors (Lipinski definition) is 1. The number of benzene rings is 1. The topological polar surface area (TPSA) is 9.23 Å². The number of unbranched alkanes of at least 4 members (excludes halogenated alkanes) is 10. The van der Waals surface area contributed by atoms with Crippen molar-refractivity contribution in [1.29, 1.82) is 0 Å². The quantitative estimate of drug-likeness (QED) is 0.270. The molecule has 0 fully saturated rings. The number of rotatable bonds is 15. The van der Waals surface area contributed by atoms with E-state index in [2.05, 4.69) is 37.3 Å². The van der Waals surface area contributed by atoms with Crippen LogP contribution in [0.5, 0.6) is 0 Å². The molecule has 0 heterocycles. The van der Waals surface area contributed by atoms with Gasteiger partial charge in [-0.3, -0.25) is 0 Å². The Bertz CT molecular complexity index is 326. The Morgan fingerprint density at radius 1 is 0.652 bits per heavy atom. The fraction of sp³-hybridized carbons (Fsp3) is 0.667. The summed E-state index contributed by atoms with van der Waals surface area (Å²) in [5.41, 5.74) is 1.49. The van der Waals surface area contributed by atoms with E-state index in [-0.39, 0.29) is 51.4 Å². The van der Waals surface area contributed by atoms with Crippen LogP contribution in [0, 0.1) is 6.92 Å². The van der Waals surface area contributed by atoms with Gasteiger partial charge in [-0.05, 0) is 24.8 Å². The first-order chi connectivity index (χ1) is 10.9. The predicted molar refractivity (Wildman–Crippen MR) is 97.1 cm³/mol. The third-order valence-electron chi connectivity index (χ3n) is 4.24. The van der Waals surface area contributed by atoms with Gasteiger partial charge in [0.25, 0.3) is 0 Å². The molecule has 1 nitrogen and oxygen atoms in total. The van der Waals surface area contributed by atoms with E-state index in [1.807, 2.05) is 0 Å². The molecule has 1 aromatic rings. The Balaban J connectivity index is 0.00000484. The smallest absolute Gasteiger partial charge is 0.413 e. The number of hydrogen-bond donors (Lipinski definition) is 0. The average molecular weight is 343 g/mol. The van der Waals surface area contributed by atoms with Crippen LogP contribution in [0.4, 0.5) is 0 Å². The van der Waals surface area contributed by atoms with Crippen molar-refractivity contribution in [1.82, 2.24) is 0 Å². The summed E-state index contributed by atoms with van der Waals surface area (Å²) in [6.07, 6.45) is 16.4. The molecule has 0 aromatic heterocycles. The SMILES string of the molecule is [CH2-]COCCCCCCCCCCCCCc1ccccc1.[K+]. The molecule has 23 heavy (non-hydrogen) atoms. The summed E-state index contributed by atoms with van der Waals surface area (Å²) in [6, 6.07) is 10.9. The van der Waals surface area contributed by atoms with Crippen LogP contribution in [0.1, 0.15) is 76.2 Å². The molecule has 126 valence electrons. The van der Waals surface area contributed by atoms with Crippen LogP contribution in [-0.2, 0) is 11.2 Å². The van der Waals surface area contributed by atoms with Gasteiger partial charge in [0.2, 0.25) is 0 Å². The molecule has 0 aliphatic rings. The largest absolute Gasteiger partial charge is 1.00 e. The normalized spacial score (nSPS) is 10.5. The molecule has 1 rings (SSSR count). The third kappa shape index (κ3) is 16.1. The molecule has 0 unspecified atom stereocenters. The summed E-state index contributed by atoms with van der Waals surface area (Å²) in [7, 11) is 0. The zero-order valence-corrected chi connectivity index (χ0v) is 18.5. The second-order valence-electron chi connectivity index (χ2n) is 6.24. The molecule has 1 aromatic carbocycles. The van der Waals surface area contributed by atoms with E-state index in [0.29, 0.717) is 6.61 Å². The van der Waals surface area contributed by atoms with Gasteiger partial charge in [-0.1, -0.05) is 94.7 Å². The molecule has 0 atom stereocenters. The van der Waals surface area contributed by atoms with E-state index in [1.54, 1.807) is 0 Å². The van der Waals surface area contributed by atoms with Crippen LogP contribution in [0.3, 0.4) is 0 Å². The Hall–Kier alpha value is 0.816. The maximum atomic E-state index is 5.24. The minimum atomic E-state index is 0. The zero-order chi connectivity index (χ0) is 15.7. The Labute approximate surface area is 187 Å². The second kappa shape index (κ2) is 19.1. The van der Waals surface area contributed by atoms with Crippen LogP contribution in [-0.4, -0.2) is 13.2 Å². The van der Waals surface area contributed by atoms with Gasteiger partial charge in [-0.15, -0.1) is 0 Å². The molecule has 0 N–H and O–H groups in total. The molecule has 0 aliphatic heterocycles. The molecular weight excluding hydrogens is 307 g/mol. The monoisotopic (exact) mass is 342 g/mol. The minimum Gasteiger partial charge on any atom is -0.413 e. The van der Waals surface area contributed by atoms with Gasteiger partial charge < -0.3 is 11.7 Å². The summed E-state index contributed by atoms with van der Waals surface area (Å²) in [6.45, 7) is 5.18. The second-order valence-corrected chi connectivity index (χ2v) is 6.24. The van der Waals surface area contributed by atoms with Crippen LogP contribution in [0.15, 0.2) is 30.3 Å². The fourth-order valence-electron chi connectivity index (χ4n) is 2.87. The van der Waals surface area contributed by atoms with Crippen molar-refractivity contribution in [3.63, 3.8) is 0 Å². The molecular formula is C21H35KO. The van der Waals surface area contributed by atoms with E-state index >= 15 is 0 Å². The van der Waals surface area contributed by atoms with Gasteiger partial charge in [0.05, 0.1) is 0 Å². The maximum Gasteiger partial charge on any atom is 1.00 e. The molecule has 0 saturated carbocycles. The summed E-state index contributed by atoms with van der Waals surface area (Å²) < 4.78 is 5.24. The first-order valence-electron chi connectivity index (χ1n) is 9.34. The third-order valence-corrected chi connectivity index (χ3v) is 4.24. The first kappa shape index (κ1) is 23.8. The minimum absolute atomic E-state index is 0. The van der Waals surface area contributed by atoms with E-state index < -0.39 is 0 Å². The van der Waals surface area contributed by atoms with Crippen molar-refractivity contribution in [2.75, 3.05) is 13.2 Å². The van der Waals surface area contributed by atoms with E-state index in [1.165, 1.54) is 82.6 Å². The van der Waals surface area contributed by atoms with E-state index in [4.69, 9.17) is 4.74 Å². The van der Waals surface area contributed by atoms with E-state index in [9.17, 15) is 0 Å². The molecule has 0 aliphatic carbocycles. The van der Waals surface area contributed by atoms with Crippen molar-refractivity contribution in [3.05, 3.63) is 42.8 Å². The fourth-order valence-corrected chi connectivity index (χ4v) is 2.87. The average Bonchev–Trinajstić information content (AvgIpc) is 2.56. The van der Waals surface area contributed by atoms with E-state index in [0.717, 1.165) is 6.61 Å². The summed E-state index contributed by atoms with van der Waals surface area (Å²) in [4.78, 5) is 0. The first-order valence-corrected chi connectivity index (χ1v) is 9.34. The molecule has 2 heteroatoms. The Morgan fingerprint density at radius 2 is 1.13 bits per heavy atom. The van der Waals surface area contributed by atoms with Gasteiger partial charge >= 0.3 is 51.4 Å². The predicted octanol–water partition coefficient (Wildman–Crippen LogP) is 3.37. The van der Waals surface area contributed by atoms with Gasteiger partial charge in [-0.2, -0.15) is 0 Å². The van der Waals surface area contributed by atoms with Crippen LogP contribution >= 0.6 is 0 Å². The molecule has 0 spiro atoms. The zero-order valence-electron chi connectivity index (χ0n) is 15.4. The van der Waals surface area contributed by atoms with Crippen molar-refractivity contribution in [3.8, 4) is 0 Å². The van der Waals surface area contributed by atoms with Crippen LogP contribution in [0.25, 0.3) is 0 Å². The Morgan fingerprint density at radius 3 is 1.65 bits per heavy atom. The summed E-state index contributed by atoms with van der Waals surface area (Å²) >= 11 is 0.